The number of methoxy groups -OCH3 is 1. The van der Waals surface area contributed by atoms with Crippen LogP contribution >= 0.6 is 0 Å². The van der Waals surface area contributed by atoms with E-state index in [0.717, 1.165) is 13.0 Å². The molecule has 4 nitrogen and oxygen atoms in total. The van der Waals surface area contributed by atoms with Crippen LogP contribution in [0.5, 0.6) is 0 Å². The highest BCUT2D eigenvalue weighted by Crippen LogP contribution is 2.28. The first-order chi connectivity index (χ1) is 7.72. The van der Waals surface area contributed by atoms with Crippen LogP contribution in [0.15, 0.2) is 6.20 Å². The van der Waals surface area contributed by atoms with E-state index in [1.54, 1.807) is 7.11 Å². The summed E-state index contributed by atoms with van der Waals surface area (Å²) in [5, 5.41) is 7.90. The van der Waals surface area contributed by atoms with Gasteiger partial charge in [-0.1, -0.05) is 0 Å². The summed E-state index contributed by atoms with van der Waals surface area (Å²) in [7, 11) is 3.78. The van der Waals surface area contributed by atoms with Crippen molar-refractivity contribution in [3.8, 4) is 0 Å². The number of nitrogens with one attached hydrogen (secondary N) is 1. The van der Waals surface area contributed by atoms with E-state index in [9.17, 15) is 0 Å². The van der Waals surface area contributed by atoms with Crippen LogP contribution in [0, 0.1) is 0 Å². The minimum absolute atomic E-state index is 0.266. The molecule has 0 radical (unpaired) electrons. The summed E-state index contributed by atoms with van der Waals surface area (Å²) in [6, 6.07) is 0.454. The van der Waals surface area contributed by atoms with Crippen LogP contribution in [-0.4, -0.2) is 29.5 Å². The molecule has 1 N–H and O–H groups in total. The minimum atomic E-state index is 0.266. The lowest BCUT2D eigenvalue weighted by molar-refractivity contribution is 0.113. The Balaban J connectivity index is 2.02. The van der Waals surface area contributed by atoms with E-state index in [1.165, 1.54) is 24.1 Å². The standard InChI is InChI=1S/C12H21N3O/c1-9(16-3)7-13-11-5-4-6-12-10(11)8-14-15(12)2/h8-9,11,13H,4-7H2,1-3H3. The Kier molecular flexibility index (Phi) is 3.61. The Morgan fingerprint density at radius 1 is 1.69 bits per heavy atom. The van der Waals surface area contributed by atoms with Gasteiger partial charge in [0.1, 0.15) is 0 Å². The van der Waals surface area contributed by atoms with E-state index in [4.69, 9.17) is 4.74 Å². The molecule has 0 aromatic carbocycles. The molecule has 0 saturated heterocycles. The van der Waals surface area contributed by atoms with Crippen LogP contribution in [0.1, 0.15) is 37.1 Å². The molecule has 0 saturated carbocycles. The molecule has 2 atom stereocenters. The Hall–Kier alpha value is -0.870. The van der Waals surface area contributed by atoms with Crippen LogP contribution in [0.2, 0.25) is 0 Å². The Bertz CT molecular complexity index is 348. The van der Waals surface area contributed by atoms with Crippen molar-refractivity contribution in [1.82, 2.24) is 15.1 Å². The summed E-state index contributed by atoms with van der Waals surface area (Å²) < 4.78 is 7.25. The highest BCUT2D eigenvalue weighted by molar-refractivity contribution is 5.24. The fraction of sp³-hybridized carbons (Fsp3) is 0.750. The Morgan fingerprint density at radius 3 is 3.25 bits per heavy atom. The molecule has 0 amide bonds. The summed E-state index contributed by atoms with van der Waals surface area (Å²) in [5.74, 6) is 0. The van der Waals surface area contributed by atoms with Crippen LogP contribution in [0.25, 0.3) is 0 Å². The Morgan fingerprint density at radius 2 is 2.50 bits per heavy atom. The third-order valence-electron chi connectivity index (χ3n) is 3.43. The number of hydrogen-bond acceptors (Lipinski definition) is 3. The van der Waals surface area contributed by atoms with Gasteiger partial charge in [-0.2, -0.15) is 5.10 Å². The zero-order chi connectivity index (χ0) is 11.5. The second kappa shape index (κ2) is 4.97. The highest BCUT2D eigenvalue weighted by Gasteiger charge is 2.23. The van der Waals surface area contributed by atoms with Crippen molar-refractivity contribution in [1.29, 1.82) is 0 Å². The number of fused-ring (bicyclic) bond motifs is 1. The molecule has 0 spiro atoms. The first-order valence-electron chi connectivity index (χ1n) is 5.99. The highest BCUT2D eigenvalue weighted by atomic mass is 16.5. The summed E-state index contributed by atoms with van der Waals surface area (Å²) in [6.07, 6.45) is 5.87. The molecular weight excluding hydrogens is 202 g/mol. The van der Waals surface area contributed by atoms with Gasteiger partial charge < -0.3 is 10.1 Å². The average Bonchev–Trinajstić information content (AvgIpc) is 2.69. The van der Waals surface area contributed by atoms with E-state index in [0.29, 0.717) is 6.04 Å². The third kappa shape index (κ3) is 2.28. The van der Waals surface area contributed by atoms with Gasteiger partial charge in [0.2, 0.25) is 0 Å². The van der Waals surface area contributed by atoms with E-state index < -0.39 is 0 Å². The first kappa shape index (κ1) is 11.6. The van der Waals surface area contributed by atoms with Crippen molar-refractivity contribution < 1.29 is 4.74 Å². The lowest BCUT2D eigenvalue weighted by Gasteiger charge is -2.25. The predicted molar refractivity (Wildman–Crippen MR) is 63.4 cm³/mol. The normalized spacial score (nSPS) is 21.8. The van der Waals surface area contributed by atoms with Gasteiger partial charge in [-0.3, -0.25) is 4.68 Å². The maximum atomic E-state index is 5.25. The van der Waals surface area contributed by atoms with Crippen molar-refractivity contribution >= 4 is 0 Å². The second-order valence-electron chi connectivity index (χ2n) is 4.57. The largest absolute Gasteiger partial charge is 0.380 e. The summed E-state index contributed by atoms with van der Waals surface area (Å²) in [4.78, 5) is 0. The molecule has 4 heteroatoms. The van der Waals surface area contributed by atoms with E-state index in [-0.39, 0.29) is 6.10 Å². The average molecular weight is 223 g/mol. The molecule has 1 aromatic heterocycles. The van der Waals surface area contributed by atoms with E-state index in [1.807, 2.05) is 17.9 Å². The lowest BCUT2D eigenvalue weighted by atomic mass is 9.93. The van der Waals surface area contributed by atoms with Gasteiger partial charge in [-0.25, -0.2) is 0 Å². The smallest absolute Gasteiger partial charge is 0.0667 e. The molecule has 1 aliphatic rings. The number of ether oxygens (including phenoxy) is 1. The molecule has 2 unspecified atom stereocenters. The minimum Gasteiger partial charge on any atom is -0.380 e. The SMILES string of the molecule is COC(C)CNC1CCCc2c1cnn2C. The molecule has 0 fully saturated rings. The van der Waals surface area contributed by atoms with Gasteiger partial charge in [0, 0.05) is 38.0 Å². The topological polar surface area (TPSA) is 39.1 Å². The zero-order valence-electron chi connectivity index (χ0n) is 10.4. The fourth-order valence-corrected chi connectivity index (χ4v) is 2.31. The van der Waals surface area contributed by atoms with Gasteiger partial charge >= 0.3 is 0 Å². The van der Waals surface area contributed by atoms with Crippen molar-refractivity contribution in [3.05, 3.63) is 17.5 Å². The quantitative estimate of drug-likeness (QED) is 0.839. The molecule has 1 heterocycles. The third-order valence-corrected chi connectivity index (χ3v) is 3.43. The van der Waals surface area contributed by atoms with Gasteiger partial charge in [0.15, 0.2) is 0 Å². The molecule has 90 valence electrons. The van der Waals surface area contributed by atoms with Gasteiger partial charge in [0.25, 0.3) is 0 Å². The fourth-order valence-electron chi connectivity index (χ4n) is 2.31. The van der Waals surface area contributed by atoms with Crippen molar-refractivity contribution in [2.45, 2.75) is 38.3 Å². The van der Waals surface area contributed by atoms with Gasteiger partial charge in [-0.15, -0.1) is 0 Å². The van der Waals surface area contributed by atoms with Crippen molar-refractivity contribution in [3.63, 3.8) is 0 Å². The Labute approximate surface area is 97.0 Å². The number of rotatable bonds is 4. The molecule has 2 rings (SSSR count). The summed E-state index contributed by atoms with van der Waals surface area (Å²) in [6.45, 7) is 2.98. The van der Waals surface area contributed by atoms with Crippen LogP contribution in [0.4, 0.5) is 0 Å². The molecule has 0 aliphatic heterocycles. The second-order valence-corrected chi connectivity index (χ2v) is 4.57. The van der Waals surface area contributed by atoms with Crippen molar-refractivity contribution in [2.24, 2.45) is 7.05 Å². The van der Waals surface area contributed by atoms with Crippen molar-refractivity contribution in [2.75, 3.05) is 13.7 Å². The molecule has 1 aromatic rings. The first-order valence-corrected chi connectivity index (χ1v) is 5.99. The number of aryl methyl sites for hydroxylation is 1. The predicted octanol–water partition coefficient (Wildman–Crippen LogP) is 1.42. The van der Waals surface area contributed by atoms with Crippen LogP contribution in [0.3, 0.4) is 0 Å². The number of hydrogen-bond donors (Lipinski definition) is 1. The monoisotopic (exact) mass is 223 g/mol. The number of nitrogens with zero attached hydrogens (tertiary/aromatic N) is 2. The van der Waals surface area contributed by atoms with E-state index >= 15 is 0 Å². The number of aromatic nitrogens is 2. The van der Waals surface area contributed by atoms with Gasteiger partial charge in [0.05, 0.1) is 12.3 Å². The van der Waals surface area contributed by atoms with Gasteiger partial charge in [-0.05, 0) is 26.2 Å². The maximum absolute atomic E-state index is 5.25. The van der Waals surface area contributed by atoms with E-state index in [2.05, 4.69) is 17.3 Å². The molecule has 0 bridgehead atoms. The molecule has 1 aliphatic carbocycles. The molecular formula is C12H21N3O. The summed E-state index contributed by atoms with van der Waals surface area (Å²) >= 11 is 0. The summed E-state index contributed by atoms with van der Waals surface area (Å²) in [5.41, 5.74) is 2.76. The zero-order valence-corrected chi connectivity index (χ0v) is 10.4. The maximum Gasteiger partial charge on any atom is 0.0667 e. The molecule has 16 heavy (non-hydrogen) atoms. The lowest BCUT2D eigenvalue weighted by Crippen LogP contribution is -2.31. The van der Waals surface area contributed by atoms with Crippen LogP contribution in [-0.2, 0) is 18.2 Å². The van der Waals surface area contributed by atoms with Crippen LogP contribution < -0.4 is 5.32 Å².